The van der Waals surface area contributed by atoms with Gasteiger partial charge in [-0.3, -0.25) is 9.78 Å². The molecule has 1 aliphatic rings. The SMILES string of the molecule is CN(C(=O)c1ccc(C(N)=S)cn1)C1CCCCC1. The molecule has 0 atom stereocenters. The van der Waals surface area contributed by atoms with Crippen molar-refractivity contribution in [1.29, 1.82) is 0 Å². The van der Waals surface area contributed by atoms with Gasteiger partial charge in [0.1, 0.15) is 10.7 Å². The second kappa shape index (κ2) is 6.10. The maximum atomic E-state index is 12.3. The van der Waals surface area contributed by atoms with Crippen molar-refractivity contribution < 1.29 is 4.79 Å². The number of hydrogen-bond donors (Lipinski definition) is 1. The van der Waals surface area contributed by atoms with Crippen molar-refractivity contribution in [3.05, 3.63) is 29.6 Å². The van der Waals surface area contributed by atoms with E-state index < -0.39 is 0 Å². The minimum absolute atomic E-state index is 0.0265. The Bertz CT molecular complexity index is 466. The van der Waals surface area contributed by atoms with E-state index in [0.29, 0.717) is 22.3 Å². The highest BCUT2D eigenvalue weighted by Crippen LogP contribution is 2.22. The highest BCUT2D eigenvalue weighted by molar-refractivity contribution is 7.80. The fourth-order valence-corrected chi connectivity index (χ4v) is 2.60. The van der Waals surface area contributed by atoms with Crippen LogP contribution in [0.2, 0.25) is 0 Å². The van der Waals surface area contributed by atoms with Crippen LogP contribution < -0.4 is 5.73 Å². The molecule has 1 aromatic heterocycles. The van der Waals surface area contributed by atoms with Crippen LogP contribution in [0.3, 0.4) is 0 Å². The van der Waals surface area contributed by atoms with E-state index in [1.165, 1.54) is 19.3 Å². The number of hydrogen-bond acceptors (Lipinski definition) is 3. The topological polar surface area (TPSA) is 59.2 Å². The molecule has 102 valence electrons. The molecule has 2 rings (SSSR count). The average Bonchev–Trinajstić information content (AvgIpc) is 2.46. The molecule has 19 heavy (non-hydrogen) atoms. The molecule has 1 aromatic rings. The number of carbonyl (C=O) groups excluding carboxylic acids is 1. The van der Waals surface area contributed by atoms with E-state index in [2.05, 4.69) is 4.98 Å². The molecule has 1 aliphatic carbocycles. The molecule has 1 amide bonds. The first kappa shape index (κ1) is 13.9. The summed E-state index contributed by atoms with van der Waals surface area (Å²) in [5, 5.41) is 0. The lowest BCUT2D eigenvalue weighted by Crippen LogP contribution is -2.38. The van der Waals surface area contributed by atoms with E-state index >= 15 is 0 Å². The third kappa shape index (κ3) is 3.29. The predicted molar refractivity (Wildman–Crippen MR) is 79.1 cm³/mol. The number of thiocarbonyl (C=S) groups is 1. The Labute approximate surface area is 119 Å². The zero-order chi connectivity index (χ0) is 13.8. The first-order valence-electron chi connectivity index (χ1n) is 6.62. The summed E-state index contributed by atoms with van der Waals surface area (Å²) >= 11 is 4.87. The van der Waals surface area contributed by atoms with Gasteiger partial charge >= 0.3 is 0 Å². The third-order valence-corrected chi connectivity index (χ3v) is 3.95. The quantitative estimate of drug-likeness (QED) is 0.860. The summed E-state index contributed by atoms with van der Waals surface area (Å²) in [5.74, 6) is -0.0265. The van der Waals surface area contributed by atoms with Gasteiger partial charge in [0.05, 0.1) is 0 Å². The van der Waals surface area contributed by atoms with Crippen LogP contribution in [0.25, 0.3) is 0 Å². The first-order valence-corrected chi connectivity index (χ1v) is 7.03. The predicted octanol–water partition coefficient (Wildman–Crippen LogP) is 2.12. The van der Waals surface area contributed by atoms with Gasteiger partial charge in [-0.15, -0.1) is 0 Å². The van der Waals surface area contributed by atoms with Gasteiger partial charge in [0.25, 0.3) is 5.91 Å². The van der Waals surface area contributed by atoms with E-state index in [4.69, 9.17) is 18.0 Å². The van der Waals surface area contributed by atoms with Crippen molar-refractivity contribution in [2.24, 2.45) is 5.73 Å². The van der Waals surface area contributed by atoms with Crippen LogP contribution in [0.4, 0.5) is 0 Å². The van der Waals surface area contributed by atoms with Crippen molar-refractivity contribution in [2.45, 2.75) is 38.1 Å². The molecule has 0 unspecified atom stereocenters. The summed E-state index contributed by atoms with van der Waals surface area (Å²) in [4.78, 5) is 18.6. The highest BCUT2D eigenvalue weighted by atomic mass is 32.1. The Morgan fingerprint density at radius 3 is 2.58 bits per heavy atom. The van der Waals surface area contributed by atoms with E-state index in [1.54, 1.807) is 18.3 Å². The molecule has 0 spiro atoms. The second-order valence-corrected chi connectivity index (χ2v) is 5.44. The zero-order valence-corrected chi connectivity index (χ0v) is 11.9. The molecule has 2 N–H and O–H groups in total. The Kier molecular flexibility index (Phi) is 4.47. The molecule has 0 aliphatic heterocycles. The van der Waals surface area contributed by atoms with Crippen molar-refractivity contribution in [2.75, 3.05) is 7.05 Å². The fraction of sp³-hybridized carbons (Fsp3) is 0.500. The first-order chi connectivity index (χ1) is 9.09. The lowest BCUT2D eigenvalue weighted by Gasteiger charge is -2.31. The molecule has 0 aromatic carbocycles. The lowest BCUT2D eigenvalue weighted by atomic mass is 9.94. The van der Waals surface area contributed by atoms with Crippen molar-refractivity contribution in [3.8, 4) is 0 Å². The van der Waals surface area contributed by atoms with Crippen molar-refractivity contribution >= 4 is 23.1 Å². The third-order valence-electron chi connectivity index (χ3n) is 3.71. The number of rotatable bonds is 3. The van der Waals surface area contributed by atoms with Crippen LogP contribution in [-0.4, -0.2) is 33.9 Å². The van der Waals surface area contributed by atoms with Gasteiger partial charge in [0, 0.05) is 24.8 Å². The van der Waals surface area contributed by atoms with Crippen LogP contribution in [0.5, 0.6) is 0 Å². The number of nitrogens with two attached hydrogens (primary N) is 1. The van der Waals surface area contributed by atoms with Crippen molar-refractivity contribution in [3.63, 3.8) is 0 Å². The largest absolute Gasteiger partial charge is 0.389 e. The molecule has 0 saturated heterocycles. The van der Waals surface area contributed by atoms with E-state index in [9.17, 15) is 4.79 Å². The summed E-state index contributed by atoms with van der Waals surface area (Å²) in [6.45, 7) is 0. The lowest BCUT2D eigenvalue weighted by molar-refractivity contribution is 0.0690. The molecule has 4 nitrogen and oxygen atoms in total. The number of pyridine rings is 1. The number of aromatic nitrogens is 1. The smallest absolute Gasteiger partial charge is 0.272 e. The maximum absolute atomic E-state index is 12.3. The zero-order valence-electron chi connectivity index (χ0n) is 11.1. The van der Waals surface area contributed by atoms with Gasteiger partial charge in [-0.1, -0.05) is 31.5 Å². The Hall–Kier alpha value is -1.49. The molecular weight excluding hydrogens is 258 g/mol. The van der Waals surface area contributed by atoms with Crippen LogP contribution in [0.15, 0.2) is 18.3 Å². The molecule has 0 radical (unpaired) electrons. The minimum Gasteiger partial charge on any atom is -0.389 e. The van der Waals surface area contributed by atoms with E-state index in [1.807, 2.05) is 11.9 Å². The normalized spacial score (nSPS) is 16.1. The van der Waals surface area contributed by atoms with Gasteiger partial charge in [-0.2, -0.15) is 0 Å². The summed E-state index contributed by atoms with van der Waals surface area (Å²) in [5.41, 5.74) is 6.65. The Balaban J connectivity index is 2.07. The number of carbonyl (C=O) groups is 1. The minimum atomic E-state index is -0.0265. The molecule has 1 saturated carbocycles. The van der Waals surface area contributed by atoms with Crippen molar-refractivity contribution in [1.82, 2.24) is 9.88 Å². The molecule has 1 fully saturated rings. The maximum Gasteiger partial charge on any atom is 0.272 e. The van der Waals surface area contributed by atoms with Crippen LogP contribution in [-0.2, 0) is 0 Å². The summed E-state index contributed by atoms with van der Waals surface area (Å²) in [7, 11) is 1.86. The average molecular weight is 277 g/mol. The summed E-state index contributed by atoms with van der Waals surface area (Å²) < 4.78 is 0. The Morgan fingerprint density at radius 1 is 1.37 bits per heavy atom. The van der Waals surface area contributed by atoms with Gasteiger partial charge in [-0.05, 0) is 25.0 Å². The standard InChI is InChI=1S/C14H19N3OS/c1-17(11-5-3-2-4-6-11)14(18)12-8-7-10(9-16-12)13(15)19/h7-9,11H,2-6H2,1H3,(H2,15,19). The molecule has 5 heteroatoms. The monoisotopic (exact) mass is 277 g/mol. The van der Waals surface area contributed by atoms with Gasteiger partial charge in [0.15, 0.2) is 0 Å². The van der Waals surface area contributed by atoms with Gasteiger partial charge in [-0.25, -0.2) is 0 Å². The number of nitrogens with zero attached hydrogens (tertiary/aromatic N) is 2. The highest BCUT2D eigenvalue weighted by Gasteiger charge is 2.23. The summed E-state index contributed by atoms with van der Waals surface area (Å²) in [6.07, 6.45) is 7.43. The molecule has 1 heterocycles. The summed E-state index contributed by atoms with van der Waals surface area (Å²) in [6, 6.07) is 3.78. The Morgan fingerprint density at radius 2 is 2.05 bits per heavy atom. The van der Waals surface area contributed by atoms with Crippen LogP contribution in [0, 0.1) is 0 Å². The fourth-order valence-electron chi connectivity index (χ4n) is 2.48. The van der Waals surface area contributed by atoms with Gasteiger partial charge < -0.3 is 10.6 Å². The molecular formula is C14H19N3OS. The molecule has 0 bridgehead atoms. The van der Waals surface area contributed by atoms with E-state index in [0.717, 1.165) is 12.8 Å². The number of amides is 1. The van der Waals surface area contributed by atoms with Crippen LogP contribution >= 0.6 is 12.2 Å². The second-order valence-electron chi connectivity index (χ2n) is 5.00. The van der Waals surface area contributed by atoms with Gasteiger partial charge in [0.2, 0.25) is 0 Å². The van der Waals surface area contributed by atoms with Crippen LogP contribution in [0.1, 0.15) is 48.2 Å². The van der Waals surface area contributed by atoms with E-state index in [-0.39, 0.29) is 5.91 Å².